The molecule has 0 unspecified atom stereocenters. The number of pyridine rings is 1. The molecule has 2 rings (SSSR count). The Hall–Kier alpha value is -2.30. The summed E-state index contributed by atoms with van der Waals surface area (Å²) in [6, 6.07) is 5.23. The number of fused-ring (bicyclic) bond motifs is 1. The van der Waals surface area contributed by atoms with Gasteiger partial charge in [-0.05, 0) is 24.1 Å². The molecular weight excluding hydrogens is 246 g/mol. The molecule has 0 fully saturated rings. The van der Waals surface area contributed by atoms with E-state index in [4.69, 9.17) is 9.84 Å². The summed E-state index contributed by atoms with van der Waals surface area (Å²) in [6.07, 6.45) is 0.343. The molecule has 0 amide bonds. The van der Waals surface area contributed by atoms with E-state index in [0.29, 0.717) is 28.8 Å². The molecule has 0 saturated carbocycles. The number of hydrogen-bond acceptors (Lipinski definition) is 3. The lowest BCUT2D eigenvalue weighted by atomic mass is 9.99. The summed E-state index contributed by atoms with van der Waals surface area (Å²) in [5.74, 6) is -0.328. The van der Waals surface area contributed by atoms with Gasteiger partial charge >= 0.3 is 5.97 Å². The number of aromatic nitrogens is 1. The molecule has 100 valence electrons. The van der Waals surface area contributed by atoms with E-state index in [1.54, 1.807) is 18.2 Å². The van der Waals surface area contributed by atoms with Crippen molar-refractivity contribution < 1.29 is 14.6 Å². The molecule has 0 radical (unpaired) electrons. The van der Waals surface area contributed by atoms with Crippen molar-refractivity contribution in [1.82, 2.24) is 4.98 Å². The van der Waals surface area contributed by atoms with Gasteiger partial charge in [-0.3, -0.25) is 9.59 Å². The summed E-state index contributed by atoms with van der Waals surface area (Å²) < 4.78 is 5.10. The fourth-order valence-electron chi connectivity index (χ4n) is 2.24. The summed E-state index contributed by atoms with van der Waals surface area (Å²) in [5.41, 5.74) is 1.47. The highest BCUT2D eigenvalue weighted by Crippen LogP contribution is 2.23. The molecule has 1 aromatic heterocycles. The first kappa shape index (κ1) is 13.1. The lowest BCUT2D eigenvalue weighted by molar-refractivity contribution is -0.136. The molecule has 0 aliphatic rings. The average Bonchev–Trinajstić information content (AvgIpc) is 2.37. The molecule has 0 atom stereocenters. The van der Waals surface area contributed by atoms with Crippen molar-refractivity contribution in [3.63, 3.8) is 0 Å². The quantitative estimate of drug-likeness (QED) is 0.878. The monoisotopic (exact) mass is 261 g/mol. The van der Waals surface area contributed by atoms with Crippen molar-refractivity contribution in [3.8, 4) is 5.75 Å². The van der Waals surface area contributed by atoms with Gasteiger partial charge in [0.05, 0.1) is 19.0 Å². The largest absolute Gasteiger partial charge is 0.497 e. The molecule has 5 heteroatoms. The van der Waals surface area contributed by atoms with Crippen LogP contribution in [-0.4, -0.2) is 23.2 Å². The van der Waals surface area contributed by atoms with Crippen molar-refractivity contribution in [2.24, 2.45) is 0 Å². The number of methoxy groups -OCH3 is 1. The average molecular weight is 261 g/mol. The van der Waals surface area contributed by atoms with Crippen molar-refractivity contribution in [2.75, 3.05) is 7.11 Å². The van der Waals surface area contributed by atoms with Crippen LogP contribution >= 0.6 is 0 Å². The van der Waals surface area contributed by atoms with Crippen molar-refractivity contribution in [3.05, 3.63) is 39.7 Å². The van der Waals surface area contributed by atoms with E-state index in [1.807, 2.05) is 6.92 Å². The van der Waals surface area contributed by atoms with E-state index in [-0.39, 0.29) is 12.0 Å². The maximum Gasteiger partial charge on any atom is 0.307 e. The third-order valence-electron chi connectivity index (χ3n) is 3.12. The lowest BCUT2D eigenvalue weighted by Crippen LogP contribution is -2.17. The Balaban J connectivity index is 2.78. The van der Waals surface area contributed by atoms with Gasteiger partial charge < -0.3 is 14.8 Å². The summed E-state index contributed by atoms with van der Waals surface area (Å²) in [4.78, 5) is 25.7. The fourth-order valence-corrected chi connectivity index (χ4v) is 2.24. The second-order valence-corrected chi connectivity index (χ2v) is 4.25. The van der Waals surface area contributed by atoms with E-state index in [0.717, 1.165) is 5.39 Å². The van der Waals surface area contributed by atoms with Crippen molar-refractivity contribution >= 4 is 16.9 Å². The van der Waals surface area contributed by atoms with Crippen LogP contribution < -0.4 is 10.3 Å². The summed E-state index contributed by atoms with van der Waals surface area (Å²) in [7, 11) is 1.54. The highest BCUT2D eigenvalue weighted by molar-refractivity contribution is 5.87. The maximum absolute atomic E-state index is 12.0. The van der Waals surface area contributed by atoms with Crippen LogP contribution in [0, 0.1) is 0 Å². The van der Waals surface area contributed by atoms with Crippen molar-refractivity contribution in [2.45, 2.75) is 19.8 Å². The number of carboxylic acids is 1. The first-order valence-corrected chi connectivity index (χ1v) is 6.00. The van der Waals surface area contributed by atoms with E-state index in [9.17, 15) is 9.59 Å². The second-order valence-electron chi connectivity index (χ2n) is 4.25. The summed E-state index contributed by atoms with van der Waals surface area (Å²) >= 11 is 0. The molecule has 0 aliphatic heterocycles. The zero-order valence-corrected chi connectivity index (χ0v) is 10.8. The van der Waals surface area contributed by atoms with Gasteiger partial charge in [0.25, 0.3) is 5.56 Å². The Morgan fingerprint density at radius 1 is 1.37 bits per heavy atom. The number of hydrogen-bond donors (Lipinski definition) is 2. The topological polar surface area (TPSA) is 79.4 Å². The SMILES string of the molecule is CCc1c(CC(=O)O)c2ccc(OC)cc2[nH]c1=O. The molecule has 1 heterocycles. The number of carboxylic acid groups (broad SMARTS) is 1. The smallest absolute Gasteiger partial charge is 0.307 e. The van der Waals surface area contributed by atoms with E-state index in [2.05, 4.69) is 4.98 Å². The van der Waals surface area contributed by atoms with Crippen LogP contribution in [-0.2, 0) is 17.6 Å². The Bertz CT molecular complexity index is 688. The molecule has 0 spiro atoms. The van der Waals surface area contributed by atoms with Crippen LogP contribution in [0.2, 0.25) is 0 Å². The van der Waals surface area contributed by atoms with Crippen LogP contribution in [0.15, 0.2) is 23.0 Å². The van der Waals surface area contributed by atoms with E-state index >= 15 is 0 Å². The predicted octanol–water partition coefficient (Wildman–Crippen LogP) is 1.73. The molecule has 0 saturated heterocycles. The van der Waals surface area contributed by atoms with Gasteiger partial charge in [0.2, 0.25) is 0 Å². The van der Waals surface area contributed by atoms with Crippen LogP contribution in [0.1, 0.15) is 18.1 Å². The number of aliphatic carboxylic acids is 1. The Morgan fingerprint density at radius 2 is 2.11 bits per heavy atom. The number of H-pyrrole nitrogens is 1. The number of aromatic amines is 1. The molecular formula is C14H15NO4. The number of nitrogens with one attached hydrogen (secondary N) is 1. The summed E-state index contributed by atoms with van der Waals surface area (Å²) in [6.45, 7) is 1.84. The first-order chi connectivity index (χ1) is 9.06. The maximum atomic E-state index is 12.0. The van der Waals surface area contributed by atoms with Gasteiger partial charge in [-0.15, -0.1) is 0 Å². The highest BCUT2D eigenvalue weighted by Gasteiger charge is 2.14. The Labute approximate surface area is 109 Å². The fraction of sp³-hybridized carbons (Fsp3) is 0.286. The minimum Gasteiger partial charge on any atom is -0.497 e. The van der Waals surface area contributed by atoms with Crippen molar-refractivity contribution in [1.29, 1.82) is 0 Å². The minimum absolute atomic E-state index is 0.157. The zero-order valence-electron chi connectivity index (χ0n) is 10.8. The molecule has 5 nitrogen and oxygen atoms in total. The zero-order chi connectivity index (χ0) is 14.0. The Morgan fingerprint density at radius 3 is 2.68 bits per heavy atom. The summed E-state index contributed by atoms with van der Waals surface area (Å²) in [5, 5.41) is 9.75. The highest BCUT2D eigenvalue weighted by atomic mass is 16.5. The number of ether oxygens (including phenoxy) is 1. The number of rotatable bonds is 4. The molecule has 19 heavy (non-hydrogen) atoms. The van der Waals surface area contributed by atoms with Gasteiger partial charge in [0.1, 0.15) is 5.75 Å². The van der Waals surface area contributed by atoms with Gasteiger partial charge in [0, 0.05) is 17.0 Å². The van der Waals surface area contributed by atoms with Gasteiger partial charge in [0.15, 0.2) is 0 Å². The van der Waals surface area contributed by atoms with Crippen LogP contribution in [0.5, 0.6) is 5.75 Å². The third-order valence-corrected chi connectivity index (χ3v) is 3.12. The predicted molar refractivity (Wildman–Crippen MR) is 71.8 cm³/mol. The van der Waals surface area contributed by atoms with Crippen LogP contribution in [0.4, 0.5) is 0 Å². The standard InChI is InChI=1S/C14H15NO4/c1-3-9-11(7-13(16)17)10-5-4-8(19-2)6-12(10)15-14(9)18/h4-6H,3,7H2,1-2H3,(H,15,18)(H,16,17). The molecule has 2 N–H and O–H groups in total. The number of benzene rings is 1. The lowest BCUT2D eigenvalue weighted by Gasteiger charge is -2.10. The van der Waals surface area contributed by atoms with E-state index < -0.39 is 5.97 Å². The van der Waals surface area contributed by atoms with Gasteiger partial charge in [-0.1, -0.05) is 6.92 Å². The minimum atomic E-state index is -0.947. The third kappa shape index (κ3) is 2.45. The Kier molecular flexibility index (Phi) is 3.55. The number of carbonyl (C=O) groups is 1. The second kappa shape index (κ2) is 5.14. The molecule has 1 aromatic carbocycles. The van der Waals surface area contributed by atoms with Gasteiger partial charge in [-0.25, -0.2) is 0 Å². The van der Waals surface area contributed by atoms with Crippen LogP contribution in [0.25, 0.3) is 10.9 Å². The molecule has 0 bridgehead atoms. The first-order valence-electron chi connectivity index (χ1n) is 6.00. The van der Waals surface area contributed by atoms with E-state index in [1.165, 1.54) is 7.11 Å². The molecule has 0 aliphatic carbocycles. The van der Waals surface area contributed by atoms with Crippen LogP contribution in [0.3, 0.4) is 0 Å². The molecule has 2 aromatic rings. The van der Waals surface area contributed by atoms with Gasteiger partial charge in [-0.2, -0.15) is 0 Å². The normalized spacial score (nSPS) is 10.6.